The molecular formula is C12H15F2NO2S2. The van der Waals surface area contributed by atoms with Crippen molar-refractivity contribution >= 4 is 29.0 Å². The van der Waals surface area contributed by atoms with E-state index in [9.17, 15) is 13.6 Å². The third-order valence-electron chi connectivity index (χ3n) is 2.74. The molecule has 0 N–H and O–H groups in total. The van der Waals surface area contributed by atoms with Crippen LogP contribution in [-0.4, -0.2) is 42.0 Å². The highest BCUT2D eigenvalue weighted by atomic mass is 32.2. The summed E-state index contributed by atoms with van der Waals surface area (Å²) in [4.78, 5) is 15.2. The lowest BCUT2D eigenvalue weighted by Crippen LogP contribution is -2.32. The number of hydrogen-bond acceptors (Lipinski definition) is 4. The monoisotopic (exact) mass is 307 g/mol. The second kappa shape index (κ2) is 6.56. The number of rotatable bonds is 3. The van der Waals surface area contributed by atoms with Crippen LogP contribution in [0.25, 0.3) is 0 Å². The molecule has 106 valence electrons. The molecule has 0 aromatic carbocycles. The largest absolute Gasteiger partial charge is 0.433 e. The average molecular weight is 307 g/mol. The first kappa shape index (κ1) is 14.6. The fraction of sp³-hybridized carbons (Fsp3) is 0.583. The van der Waals surface area contributed by atoms with E-state index in [2.05, 4.69) is 4.74 Å². The Hall–Kier alpha value is -0.820. The van der Waals surface area contributed by atoms with Gasteiger partial charge in [0.15, 0.2) is 0 Å². The van der Waals surface area contributed by atoms with Crippen LogP contribution in [0.1, 0.15) is 21.0 Å². The Kier molecular flexibility index (Phi) is 5.04. The molecule has 0 saturated carbocycles. The summed E-state index contributed by atoms with van der Waals surface area (Å²) in [5.74, 6) is 1.73. The molecule has 0 spiro atoms. The highest BCUT2D eigenvalue weighted by molar-refractivity contribution is 7.99. The predicted molar refractivity (Wildman–Crippen MR) is 73.5 cm³/mol. The second-order valence-electron chi connectivity index (χ2n) is 4.19. The number of amides is 1. The molecule has 1 aliphatic rings. The molecule has 0 unspecified atom stereocenters. The van der Waals surface area contributed by atoms with E-state index in [1.54, 1.807) is 11.8 Å². The van der Waals surface area contributed by atoms with Crippen molar-refractivity contribution in [3.63, 3.8) is 0 Å². The molecule has 19 heavy (non-hydrogen) atoms. The number of halogens is 2. The molecule has 3 nitrogen and oxygen atoms in total. The van der Waals surface area contributed by atoms with Crippen LogP contribution < -0.4 is 4.74 Å². The summed E-state index contributed by atoms with van der Waals surface area (Å²) in [6, 6.07) is 1.50. The fourth-order valence-corrected chi connectivity index (χ4v) is 3.72. The van der Waals surface area contributed by atoms with Crippen molar-refractivity contribution in [3.8, 4) is 5.75 Å². The normalized spacial score (nSPS) is 16.5. The quantitative estimate of drug-likeness (QED) is 0.858. The first-order chi connectivity index (χ1) is 9.08. The number of nitrogens with zero attached hydrogens (tertiary/aromatic N) is 1. The van der Waals surface area contributed by atoms with Crippen molar-refractivity contribution in [2.24, 2.45) is 0 Å². The predicted octanol–water partition coefficient (Wildman–Crippen LogP) is 3.24. The summed E-state index contributed by atoms with van der Waals surface area (Å²) in [6.07, 6.45) is 0.936. The van der Waals surface area contributed by atoms with E-state index < -0.39 is 6.61 Å². The van der Waals surface area contributed by atoms with Gasteiger partial charge in [-0.3, -0.25) is 4.79 Å². The van der Waals surface area contributed by atoms with Crippen LogP contribution in [0.15, 0.2) is 6.07 Å². The van der Waals surface area contributed by atoms with E-state index in [1.807, 2.05) is 11.8 Å². The van der Waals surface area contributed by atoms with E-state index in [1.165, 1.54) is 17.4 Å². The maximum absolute atomic E-state index is 12.4. The Morgan fingerprint density at radius 2 is 2.21 bits per heavy atom. The molecular weight excluding hydrogens is 292 g/mol. The number of thiophene rings is 1. The Morgan fingerprint density at radius 1 is 1.42 bits per heavy atom. The van der Waals surface area contributed by atoms with E-state index in [4.69, 9.17) is 0 Å². The van der Waals surface area contributed by atoms with Crippen molar-refractivity contribution in [2.75, 3.05) is 24.6 Å². The van der Waals surface area contributed by atoms with Crippen molar-refractivity contribution < 1.29 is 18.3 Å². The summed E-state index contributed by atoms with van der Waals surface area (Å²) in [6.45, 7) is 0.212. The molecule has 1 amide bonds. The van der Waals surface area contributed by atoms with Gasteiger partial charge in [-0.05, 0) is 25.2 Å². The lowest BCUT2D eigenvalue weighted by molar-refractivity contribution is -0.0499. The topological polar surface area (TPSA) is 29.5 Å². The maximum atomic E-state index is 12.4. The highest BCUT2D eigenvalue weighted by Gasteiger charge is 2.24. The number of aryl methyl sites for hydroxylation is 1. The van der Waals surface area contributed by atoms with Gasteiger partial charge in [0.25, 0.3) is 5.91 Å². The molecule has 2 rings (SSSR count). The van der Waals surface area contributed by atoms with Gasteiger partial charge in [-0.2, -0.15) is 20.5 Å². The maximum Gasteiger partial charge on any atom is 0.387 e. The Balaban J connectivity index is 2.17. The number of alkyl halides is 2. The molecule has 2 heterocycles. The van der Waals surface area contributed by atoms with Gasteiger partial charge in [-0.1, -0.05) is 0 Å². The van der Waals surface area contributed by atoms with Crippen LogP contribution in [0.3, 0.4) is 0 Å². The van der Waals surface area contributed by atoms with Crippen LogP contribution in [0.5, 0.6) is 5.75 Å². The zero-order chi connectivity index (χ0) is 13.8. The van der Waals surface area contributed by atoms with Gasteiger partial charge >= 0.3 is 6.61 Å². The third-order valence-corrected chi connectivity index (χ3v) is 4.81. The van der Waals surface area contributed by atoms with E-state index >= 15 is 0 Å². The van der Waals surface area contributed by atoms with Crippen LogP contribution >= 0.6 is 23.1 Å². The van der Waals surface area contributed by atoms with Crippen LogP contribution in [-0.2, 0) is 0 Å². The second-order valence-corrected chi connectivity index (χ2v) is 6.67. The Labute approximate surface area is 118 Å². The standard InChI is InChI=1S/C12H15F2NO2S2/c1-8-7-9(17-12(13)14)10(19-8)11(16)15-3-2-5-18-6-4-15/h7,12H,2-6H2,1H3. The number of hydrogen-bond donors (Lipinski definition) is 0. The van der Waals surface area contributed by atoms with Gasteiger partial charge < -0.3 is 9.64 Å². The highest BCUT2D eigenvalue weighted by Crippen LogP contribution is 2.31. The minimum absolute atomic E-state index is 0.000556. The van der Waals surface area contributed by atoms with Crippen molar-refractivity contribution in [2.45, 2.75) is 20.0 Å². The lowest BCUT2D eigenvalue weighted by Gasteiger charge is -2.19. The molecule has 0 bridgehead atoms. The van der Waals surface area contributed by atoms with Crippen molar-refractivity contribution in [3.05, 3.63) is 15.8 Å². The van der Waals surface area contributed by atoms with E-state index in [0.29, 0.717) is 13.1 Å². The first-order valence-corrected chi connectivity index (χ1v) is 7.97. The number of carbonyl (C=O) groups excluding carboxylic acids is 1. The third kappa shape index (κ3) is 3.82. The summed E-state index contributed by atoms with van der Waals surface area (Å²) < 4.78 is 29.1. The summed E-state index contributed by atoms with van der Waals surface area (Å²) in [5.41, 5.74) is 0. The minimum atomic E-state index is -2.90. The molecule has 1 fully saturated rings. The van der Waals surface area contributed by atoms with E-state index in [0.717, 1.165) is 22.8 Å². The Morgan fingerprint density at radius 3 is 2.95 bits per heavy atom. The average Bonchev–Trinajstić information content (AvgIpc) is 2.57. The van der Waals surface area contributed by atoms with Crippen LogP contribution in [0, 0.1) is 6.92 Å². The summed E-state index contributed by atoms with van der Waals surface area (Å²) in [7, 11) is 0. The van der Waals surface area contributed by atoms with Gasteiger partial charge in [0, 0.05) is 23.7 Å². The molecule has 0 atom stereocenters. The van der Waals surface area contributed by atoms with Crippen molar-refractivity contribution in [1.29, 1.82) is 0 Å². The zero-order valence-electron chi connectivity index (χ0n) is 10.5. The molecule has 1 saturated heterocycles. The smallest absolute Gasteiger partial charge is 0.387 e. The molecule has 0 radical (unpaired) electrons. The summed E-state index contributed by atoms with van der Waals surface area (Å²) >= 11 is 3.02. The fourth-order valence-electron chi connectivity index (χ4n) is 1.92. The SMILES string of the molecule is Cc1cc(OC(F)F)c(C(=O)N2CCCSCC2)s1. The van der Waals surface area contributed by atoms with E-state index in [-0.39, 0.29) is 16.5 Å². The Bertz CT molecular complexity index is 443. The zero-order valence-corrected chi connectivity index (χ0v) is 12.2. The minimum Gasteiger partial charge on any atom is -0.433 e. The van der Waals surface area contributed by atoms with Gasteiger partial charge in [0.2, 0.25) is 0 Å². The molecule has 1 aromatic rings. The van der Waals surface area contributed by atoms with Crippen molar-refractivity contribution in [1.82, 2.24) is 4.90 Å². The first-order valence-electron chi connectivity index (χ1n) is 6.00. The van der Waals surface area contributed by atoms with Crippen LogP contribution in [0.4, 0.5) is 8.78 Å². The number of carbonyl (C=O) groups is 1. The summed E-state index contributed by atoms with van der Waals surface area (Å²) in [5, 5.41) is 0. The van der Waals surface area contributed by atoms with Crippen LogP contribution in [0.2, 0.25) is 0 Å². The molecule has 0 aliphatic carbocycles. The molecule has 1 aliphatic heterocycles. The van der Waals surface area contributed by atoms with Gasteiger partial charge in [0.05, 0.1) is 0 Å². The lowest BCUT2D eigenvalue weighted by atomic mass is 10.3. The van der Waals surface area contributed by atoms with Gasteiger partial charge in [0.1, 0.15) is 10.6 Å². The van der Waals surface area contributed by atoms with Gasteiger partial charge in [-0.25, -0.2) is 0 Å². The van der Waals surface area contributed by atoms with Gasteiger partial charge in [-0.15, -0.1) is 11.3 Å². The number of thioether (sulfide) groups is 1. The molecule has 7 heteroatoms. The number of ether oxygens (including phenoxy) is 1. The molecule has 1 aromatic heterocycles.